The molecule has 0 rings (SSSR count). The molecule has 0 saturated carbocycles. The molecule has 0 radical (unpaired) electrons. The Kier molecular flexibility index (Phi) is 46.2. The third kappa shape index (κ3) is 68.1. The third-order valence-corrected chi connectivity index (χ3v) is 7.48. The minimum Gasteiger partial charge on any atom is -0.385 e. The lowest BCUT2D eigenvalue weighted by molar-refractivity contribution is -0.243. The Morgan fingerprint density at radius 2 is 0.656 bits per heavy atom. The number of methoxy groups -OCH3 is 5. The Morgan fingerprint density at radius 1 is 0.359 bits per heavy atom. The van der Waals surface area contributed by atoms with Crippen molar-refractivity contribution in [3.8, 4) is 0 Å². The third-order valence-electron chi connectivity index (χ3n) is 7.48. The van der Waals surface area contributed by atoms with Gasteiger partial charge in [0.15, 0.2) is 12.6 Å². The van der Waals surface area contributed by atoms with Crippen molar-refractivity contribution in [3.63, 3.8) is 0 Å². The zero-order chi connectivity index (χ0) is 50.8. The summed E-state index contributed by atoms with van der Waals surface area (Å²) in [4.78, 5) is 0. The highest BCUT2D eigenvalue weighted by Gasteiger charge is 2.31. The summed E-state index contributed by atoms with van der Waals surface area (Å²) in [6.07, 6.45) is 3.57. The molecule has 396 valence electrons. The maximum Gasteiger partial charge on any atom is 0.185 e. The van der Waals surface area contributed by atoms with Gasteiger partial charge in [0.05, 0.1) is 54.4 Å². The van der Waals surface area contributed by atoms with Crippen LogP contribution in [0, 0.1) is 10.8 Å². The summed E-state index contributed by atoms with van der Waals surface area (Å²) in [7, 11) is 8.38. The number of hydrogen-bond acceptors (Lipinski definition) is 12. The van der Waals surface area contributed by atoms with Crippen LogP contribution in [0.3, 0.4) is 0 Å². The molecule has 0 N–H and O–H groups in total. The second kappa shape index (κ2) is 39.4. The van der Waals surface area contributed by atoms with E-state index in [2.05, 4.69) is 41.5 Å². The molecule has 0 aliphatic rings. The van der Waals surface area contributed by atoms with E-state index in [0.29, 0.717) is 50.5 Å². The summed E-state index contributed by atoms with van der Waals surface area (Å²) in [5.41, 5.74) is -0.0246. The molecule has 0 spiro atoms. The SMILES string of the molecule is C.CCOC(OCC)C(COC(C)(C)C)OC(C)(C)C.COC(OC)C(COC(C)(C)C)OC(C)(C)C.COCCCC(C)(C)C.COCCCC(C)(C)C.COCCOC(C)(C)C. The zero-order valence-electron chi connectivity index (χ0n) is 47.2. The summed E-state index contributed by atoms with van der Waals surface area (Å²) >= 11 is 0. The highest BCUT2D eigenvalue weighted by atomic mass is 16.7. The van der Waals surface area contributed by atoms with Gasteiger partial charge >= 0.3 is 0 Å². The minimum atomic E-state index is -0.420. The lowest BCUT2D eigenvalue weighted by Crippen LogP contribution is -2.43. The summed E-state index contributed by atoms with van der Waals surface area (Å²) in [5.74, 6) is 0. The highest BCUT2D eigenvalue weighted by Crippen LogP contribution is 2.22. The van der Waals surface area contributed by atoms with E-state index in [9.17, 15) is 0 Å². The smallest absolute Gasteiger partial charge is 0.185 e. The summed E-state index contributed by atoms with van der Waals surface area (Å²) < 4.78 is 65.3. The van der Waals surface area contributed by atoms with Crippen LogP contribution < -0.4 is 0 Å². The van der Waals surface area contributed by atoms with E-state index >= 15 is 0 Å². The van der Waals surface area contributed by atoms with E-state index < -0.39 is 12.6 Å². The molecule has 0 aromatic heterocycles. The minimum absolute atomic E-state index is 0. The molecule has 0 aromatic carbocycles. The van der Waals surface area contributed by atoms with Crippen LogP contribution in [-0.4, -0.2) is 141 Å². The monoisotopic (exact) mass is 933 g/mol. The highest BCUT2D eigenvalue weighted by molar-refractivity contribution is 4.73. The van der Waals surface area contributed by atoms with Crippen molar-refractivity contribution in [1.29, 1.82) is 0 Å². The molecule has 0 amide bonds. The molecule has 0 aromatic rings. The number of hydrogen-bond donors (Lipinski definition) is 0. The molecular weight excluding hydrogens is 817 g/mol. The molecule has 2 atom stereocenters. The van der Waals surface area contributed by atoms with Crippen LogP contribution in [-0.2, 0) is 56.8 Å². The van der Waals surface area contributed by atoms with Crippen LogP contribution in [0.4, 0.5) is 0 Å². The number of ether oxygens (including phenoxy) is 12. The normalized spacial score (nSPS) is 13.6. The molecule has 0 aliphatic heterocycles. The van der Waals surface area contributed by atoms with Crippen LogP contribution >= 0.6 is 0 Å². The first-order valence-corrected chi connectivity index (χ1v) is 23.4. The predicted molar refractivity (Wildman–Crippen MR) is 271 cm³/mol. The van der Waals surface area contributed by atoms with Gasteiger partial charge in [0.25, 0.3) is 0 Å². The second-order valence-corrected chi connectivity index (χ2v) is 22.8. The van der Waals surface area contributed by atoms with Crippen molar-refractivity contribution in [2.24, 2.45) is 10.8 Å². The van der Waals surface area contributed by atoms with Crippen LogP contribution in [0.25, 0.3) is 0 Å². The van der Waals surface area contributed by atoms with Crippen molar-refractivity contribution >= 4 is 0 Å². The first kappa shape index (κ1) is 75.0. The lowest BCUT2D eigenvalue weighted by Gasteiger charge is -2.34. The van der Waals surface area contributed by atoms with E-state index in [1.807, 2.05) is 118 Å². The zero-order valence-corrected chi connectivity index (χ0v) is 47.2. The van der Waals surface area contributed by atoms with Crippen molar-refractivity contribution in [1.82, 2.24) is 0 Å². The molecule has 64 heavy (non-hydrogen) atoms. The van der Waals surface area contributed by atoms with E-state index in [4.69, 9.17) is 56.8 Å². The lowest BCUT2D eigenvalue weighted by atomic mass is 9.91. The van der Waals surface area contributed by atoms with Gasteiger partial charge in [-0.15, -0.1) is 0 Å². The quantitative estimate of drug-likeness (QED) is 0.0718. The fourth-order valence-corrected chi connectivity index (χ4v) is 4.82. The average molecular weight is 933 g/mol. The maximum absolute atomic E-state index is 6.03. The van der Waals surface area contributed by atoms with E-state index in [-0.39, 0.29) is 47.6 Å². The van der Waals surface area contributed by atoms with Gasteiger partial charge in [-0.2, -0.15) is 0 Å². The van der Waals surface area contributed by atoms with Gasteiger partial charge in [-0.25, -0.2) is 0 Å². The first-order chi connectivity index (χ1) is 28.4. The average Bonchev–Trinajstić information content (AvgIpc) is 3.08. The van der Waals surface area contributed by atoms with Gasteiger partial charge in [0.2, 0.25) is 0 Å². The Morgan fingerprint density at radius 3 is 0.875 bits per heavy atom. The predicted octanol–water partition coefficient (Wildman–Crippen LogP) is 13.0. The largest absolute Gasteiger partial charge is 0.385 e. The van der Waals surface area contributed by atoms with Gasteiger partial charge in [0, 0.05) is 62.0 Å². The molecule has 12 heteroatoms. The molecule has 0 fully saturated rings. The van der Waals surface area contributed by atoms with Crippen molar-refractivity contribution in [2.45, 2.75) is 245 Å². The molecule has 0 saturated heterocycles. The van der Waals surface area contributed by atoms with Gasteiger partial charge in [-0.3, -0.25) is 0 Å². The fraction of sp³-hybridized carbons (Fsp3) is 1.00. The van der Waals surface area contributed by atoms with Crippen LogP contribution in [0.1, 0.15) is 192 Å². The number of rotatable bonds is 23. The Balaban J connectivity index is -0.000000171. The van der Waals surface area contributed by atoms with Gasteiger partial charge in [-0.05, 0) is 154 Å². The van der Waals surface area contributed by atoms with Crippen molar-refractivity contribution in [2.75, 3.05) is 88.4 Å². The van der Waals surface area contributed by atoms with Crippen LogP contribution in [0.5, 0.6) is 0 Å². The van der Waals surface area contributed by atoms with Crippen molar-refractivity contribution < 1.29 is 56.8 Å². The van der Waals surface area contributed by atoms with E-state index in [1.54, 1.807) is 35.5 Å². The van der Waals surface area contributed by atoms with Crippen LogP contribution in [0.2, 0.25) is 0 Å². The topological polar surface area (TPSA) is 111 Å². The summed E-state index contributed by atoms with van der Waals surface area (Å²) in [5, 5.41) is 0. The first-order valence-electron chi connectivity index (χ1n) is 23.4. The molecular formula is C52H116O12. The molecule has 0 heterocycles. The molecule has 2 unspecified atom stereocenters. The van der Waals surface area contributed by atoms with Crippen molar-refractivity contribution in [3.05, 3.63) is 0 Å². The Hall–Kier alpha value is -0.480. The van der Waals surface area contributed by atoms with Gasteiger partial charge < -0.3 is 56.8 Å². The van der Waals surface area contributed by atoms with Gasteiger partial charge in [0.1, 0.15) is 12.2 Å². The van der Waals surface area contributed by atoms with Crippen LogP contribution in [0.15, 0.2) is 0 Å². The van der Waals surface area contributed by atoms with E-state index in [0.717, 1.165) is 13.2 Å². The molecule has 12 nitrogen and oxygen atoms in total. The maximum atomic E-state index is 6.03. The molecule has 0 bridgehead atoms. The molecule has 0 aliphatic carbocycles. The summed E-state index contributed by atoms with van der Waals surface area (Å²) in [6, 6.07) is 0. The summed E-state index contributed by atoms with van der Waals surface area (Å²) in [6.45, 7) is 52.9. The fourth-order valence-electron chi connectivity index (χ4n) is 4.82. The van der Waals surface area contributed by atoms with Gasteiger partial charge in [-0.1, -0.05) is 49.0 Å². The Labute approximate surface area is 400 Å². The second-order valence-electron chi connectivity index (χ2n) is 22.8. The van der Waals surface area contributed by atoms with E-state index in [1.165, 1.54) is 25.7 Å². The standard InChI is InChI=1S/C15H32O4.C13H28O4.2C8H18O.C7H16O2.CH4/c1-9-16-13(17-10-2)12(19-15(6,7)8)11-18-14(3,4)5;1-12(2,3)16-9-10(11(14-7)15-8)17-13(4,5)6;2*1-8(2,3)6-5-7-9-4;1-7(2,3)9-6-5-8-4;/h12-13H,9-11H2,1-8H3;10-11H,9H2,1-8H3;2*5-7H2,1-4H3;5-6H2,1-4H3;1H4. The Bertz CT molecular complexity index is 901.